The fraction of sp³-hybridized carbons (Fsp3) is 0.222. The van der Waals surface area contributed by atoms with Gasteiger partial charge in [-0.1, -0.05) is 12.1 Å². The van der Waals surface area contributed by atoms with Crippen molar-refractivity contribution in [1.82, 2.24) is 4.90 Å². The number of benzene rings is 2. The van der Waals surface area contributed by atoms with Crippen LogP contribution in [0.1, 0.15) is 34.5 Å². The van der Waals surface area contributed by atoms with E-state index in [9.17, 15) is 18.4 Å². The number of hydrogen-bond donors (Lipinski definition) is 2. The number of aryl methyl sites for hydroxylation is 1. The third-order valence-electron chi connectivity index (χ3n) is 4.08. The maximum atomic E-state index is 13.4. The van der Waals surface area contributed by atoms with E-state index in [1.807, 2.05) is 0 Å². The summed E-state index contributed by atoms with van der Waals surface area (Å²) in [5, 5.41) is 2.65. The van der Waals surface area contributed by atoms with Crippen molar-refractivity contribution in [1.29, 1.82) is 0 Å². The maximum absolute atomic E-state index is 13.4. The molecule has 25 heavy (non-hydrogen) atoms. The van der Waals surface area contributed by atoms with Crippen LogP contribution in [0.25, 0.3) is 0 Å². The molecular formula is C18H19F2N3O2. The van der Waals surface area contributed by atoms with Gasteiger partial charge in [-0.2, -0.15) is 0 Å². The predicted octanol–water partition coefficient (Wildman–Crippen LogP) is 3.60. The second-order valence-electron chi connectivity index (χ2n) is 5.78. The molecule has 0 unspecified atom stereocenters. The molecule has 5 nitrogen and oxygen atoms in total. The largest absolute Gasteiger partial charge is 0.366 e. The van der Waals surface area contributed by atoms with Gasteiger partial charge < -0.3 is 16.0 Å². The number of nitrogens with zero attached hydrogens (tertiary/aromatic N) is 1. The molecule has 0 aromatic heterocycles. The Kier molecular flexibility index (Phi) is 5.36. The number of anilines is 1. The maximum Gasteiger partial charge on any atom is 0.322 e. The summed E-state index contributed by atoms with van der Waals surface area (Å²) in [5.41, 5.74) is 7.18. The van der Waals surface area contributed by atoms with Gasteiger partial charge in [0, 0.05) is 18.3 Å². The van der Waals surface area contributed by atoms with E-state index >= 15 is 0 Å². The molecule has 0 spiro atoms. The zero-order chi connectivity index (χ0) is 18.7. The number of rotatable bonds is 4. The lowest BCUT2D eigenvalue weighted by Gasteiger charge is -2.26. The number of amides is 3. The van der Waals surface area contributed by atoms with Crippen molar-refractivity contribution < 1.29 is 18.4 Å². The zero-order valence-electron chi connectivity index (χ0n) is 14.1. The standard InChI is InChI=1S/C18H19F2N3O2/c1-10-4-6-13(9-14(10)17(21)24)22-18(25)23(3)11(2)12-5-7-15(19)16(20)8-12/h4-9,11H,1-3H3,(H2,21,24)(H,22,25)/t11-/m0/s1. The molecule has 132 valence electrons. The molecule has 2 aromatic rings. The number of nitrogens with one attached hydrogen (secondary N) is 1. The van der Waals surface area contributed by atoms with Gasteiger partial charge in [-0.3, -0.25) is 4.79 Å². The average molecular weight is 347 g/mol. The highest BCUT2D eigenvalue weighted by Crippen LogP contribution is 2.22. The molecule has 2 rings (SSSR count). The predicted molar refractivity (Wildman–Crippen MR) is 91.3 cm³/mol. The molecule has 7 heteroatoms. The fourth-order valence-electron chi connectivity index (χ4n) is 2.35. The Morgan fingerprint density at radius 1 is 1.12 bits per heavy atom. The third kappa shape index (κ3) is 4.12. The van der Waals surface area contributed by atoms with E-state index in [4.69, 9.17) is 5.73 Å². The summed E-state index contributed by atoms with van der Waals surface area (Å²) in [6.45, 7) is 3.43. The minimum absolute atomic E-state index is 0.314. The first-order valence-electron chi connectivity index (χ1n) is 7.60. The lowest BCUT2D eigenvalue weighted by molar-refractivity contribution is 0.0999. The minimum Gasteiger partial charge on any atom is -0.366 e. The SMILES string of the molecule is Cc1ccc(NC(=O)N(C)[C@@H](C)c2ccc(F)c(F)c2)cc1C(N)=O. The highest BCUT2D eigenvalue weighted by molar-refractivity contribution is 5.97. The lowest BCUT2D eigenvalue weighted by Crippen LogP contribution is -2.33. The van der Waals surface area contributed by atoms with E-state index in [-0.39, 0.29) is 0 Å². The van der Waals surface area contributed by atoms with Crippen LogP contribution in [0.3, 0.4) is 0 Å². The van der Waals surface area contributed by atoms with Gasteiger partial charge in [-0.25, -0.2) is 13.6 Å². The van der Waals surface area contributed by atoms with E-state index in [0.717, 1.165) is 12.1 Å². The highest BCUT2D eigenvalue weighted by Gasteiger charge is 2.19. The monoisotopic (exact) mass is 347 g/mol. The Morgan fingerprint density at radius 2 is 1.80 bits per heavy atom. The van der Waals surface area contributed by atoms with Crippen LogP contribution in [0.15, 0.2) is 36.4 Å². The first-order chi connectivity index (χ1) is 11.7. The topological polar surface area (TPSA) is 75.4 Å². The van der Waals surface area contributed by atoms with E-state index in [1.165, 1.54) is 24.1 Å². The second kappa shape index (κ2) is 7.29. The van der Waals surface area contributed by atoms with Crippen molar-refractivity contribution in [3.05, 3.63) is 64.7 Å². The molecule has 0 saturated heterocycles. The Hall–Kier alpha value is -2.96. The lowest BCUT2D eigenvalue weighted by atomic mass is 10.1. The summed E-state index contributed by atoms with van der Waals surface area (Å²) in [5.74, 6) is -2.50. The number of urea groups is 1. The van der Waals surface area contributed by atoms with Crippen molar-refractivity contribution in [2.24, 2.45) is 5.73 Å². The molecule has 0 radical (unpaired) electrons. The Morgan fingerprint density at radius 3 is 2.40 bits per heavy atom. The first-order valence-corrected chi connectivity index (χ1v) is 7.60. The molecule has 3 N–H and O–H groups in total. The van der Waals surface area contributed by atoms with Gasteiger partial charge >= 0.3 is 6.03 Å². The number of nitrogens with two attached hydrogens (primary N) is 1. The van der Waals surface area contributed by atoms with Crippen LogP contribution in [-0.2, 0) is 0 Å². The van der Waals surface area contributed by atoms with Crippen LogP contribution in [0.4, 0.5) is 19.3 Å². The molecule has 0 aliphatic rings. The summed E-state index contributed by atoms with van der Waals surface area (Å²) in [6, 6.07) is 7.36. The first kappa shape index (κ1) is 18.4. The summed E-state index contributed by atoms with van der Waals surface area (Å²) in [4.78, 5) is 25.1. The number of hydrogen-bond acceptors (Lipinski definition) is 2. The number of carbonyl (C=O) groups is 2. The van der Waals surface area contributed by atoms with E-state index < -0.39 is 29.6 Å². The van der Waals surface area contributed by atoms with E-state index in [0.29, 0.717) is 22.4 Å². The van der Waals surface area contributed by atoms with E-state index in [1.54, 1.807) is 26.0 Å². The molecule has 0 fully saturated rings. The van der Waals surface area contributed by atoms with Crippen LogP contribution < -0.4 is 11.1 Å². The summed E-state index contributed by atoms with van der Waals surface area (Å²) in [6.07, 6.45) is 0. The third-order valence-corrected chi connectivity index (χ3v) is 4.08. The molecule has 1 atom stereocenters. The number of primary amides is 1. The van der Waals surface area contributed by atoms with Crippen molar-refractivity contribution in [3.8, 4) is 0 Å². The number of carbonyl (C=O) groups excluding carboxylic acids is 2. The van der Waals surface area contributed by atoms with Crippen LogP contribution in [0.5, 0.6) is 0 Å². The Bertz CT molecular complexity index is 824. The smallest absolute Gasteiger partial charge is 0.322 e. The van der Waals surface area contributed by atoms with Crippen molar-refractivity contribution >= 4 is 17.6 Å². The van der Waals surface area contributed by atoms with Gasteiger partial charge in [0.1, 0.15) is 0 Å². The van der Waals surface area contributed by atoms with Crippen molar-refractivity contribution in [2.75, 3.05) is 12.4 Å². The van der Waals surface area contributed by atoms with Crippen LogP contribution >= 0.6 is 0 Å². The summed E-state index contributed by atoms with van der Waals surface area (Å²) < 4.78 is 26.4. The molecule has 0 aliphatic carbocycles. The zero-order valence-corrected chi connectivity index (χ0v) is 14.1. The van der Waals surface area contributed by atoms with Crippen LogP contribution in [0, 0.1) is 18.6 Å². The molecule has 0 aliphatic heterocycles. The summed E-state index contributed by atoms with van der Waals surface area (Å²) in [7, 11) is 1.53. The highest BCUT2D eigenvalue weighted by atomic mass is 19.2. The van der Waals surface area contributed by atoms with Gasteiger partial charge in [0.05, 0.1) is 6.04 Å². The quantitative estimate of drug-likeness (QED) is 0.887. The summed E-state index contributed by atoms with van der Waals surface area (Å²) >= 11 is 0. The molecule has 0 saturated carbocycles. The van der Waals surface area contributed by atoms with Crippen molar-refractivity contribution in [3.63, 3.8) is 0 Å². The van der Waals surface area contributed by atoms with Crippen molar-refractivity contribution in [2.45, 2.75) is 19.9 Å². The Labute approximate surface area is 144 Å². The Balaban J connectivity index is 2.15. The van der Waals surface area contributed by atoms with Crippen LogP contribution in [-0.4, -0.2) is 23.9 Å². The van der Waals surface area contributed by atoms with Gasteiger partial charge in [0.25, 0.3) is 0 Å². The van der Waals surface area contributed by atoms with Crippen LogP contribution in [0.2, 0.25) is 0 Å². The van der Waals surface area contributed by atoms with Gasteiger partial charge in [-0.15, -0.1) is 0 Å². The van der Waals surface area contributed by atoms with Gasteiger partial charge in [-0.05, 0) is 49.2 Å². The van der Waals surface area contributed by atoms with E-state index in [2.05, 4.69) is 5.32 Å². The molecule has 3 amide bonds. The fourth-order valence-corrected chi connectivity index (χ4v) is 2.35. The molecule has 2 aromatic carbocycles. The molecule has 0 heterocycles. The average Bonchev–Trinajstić information content (AvgIpc) is 2.57. The second-order valence-corrected chi connectivity index (χ2v) is 5.78. The molecular weight excluding hydrogens is 328 g/mol. The van der Waals surface area contributed by atoms with Gasteiger partial charge in [0.2, 0.25) is 5.91 Å². The minimum atomic E-state index is -0.970. The molecule has 0 bridgehead atoms. The van der Waals surface area contributed by atoms with Gasteiger partial charge in [0.15, 0.2) is 11.6 Å². The number of halogens is 2. The normalized spacial score (nSPS) is 11.7.